The minimum absolute atomic E-state index is 0.229. The summed E-state index contributed by atoms with van der Waals surface area (Å²) in [7, 11) is 1.49. The van der Waals surface area contributed by atoms with Crippen molar-refractivity contribution >= 4 is 18.3 Å². The first kappa shape index (κ1) is 8.24. The molecule has 0 spiro atoms. The van der Waals surface area contributed by atoms with E-state index in [0.717, 1.165) is 0 Å². The maximum absolute atomic E-state index is 5.49. The molecule has 0 aliphatic rings. The zero-order chi connectivity index (χ0) is 7.28. The molecule has 50 valence electrons. The number of rotatable bonds is 3. The van der Waals surface area contributed by atoms with Crippen molar-refractivity contribution in [1.29, 1.82) is 0 Å². The van der Waals surface area contributed by atoms with Crippen molar-refractivity contribution < 1.29 is 4.74 Å². The standard InChI is InChI=1S/C6H8ClNO/c1-4-5(9-3)6(7)8-2/h4H,1-2H2,3H3/b6-5+. The summed E-state index contributed by atoms with van der Waals surface area (Å²) in [5.41, 5.74) is 0. The Morgan fingerprint density at radius 2 is 2.33 bits per heavy atom. The second-order valence-electron chi connectivity index (χ2n) is 1.22. The van der Waals surface area contributed by atoms with E-state index in [-0.39, 0.29) is 5.16 Å². The topological polar surface area (TPSA) is 21.6 Å². The molecule has 0 heterocycles. The fourth-order valence-electron chi connectivity index (χ4n) is 0.330. The largest absolute Gasteiger partial charge is 0.494 e. The number of halogens is 1. The van der Waals surface area contributed by atoms with Gasteiger partial charge in [0.2, 0.25) is 0 Å². The lowest BCUT2D eigenvalue weighted by atomic mass is 10.5. The van der Waals surface area contributed by atoms with Gasteiger partial charge >= 0.3 is 0 Å². The van der Waals surface area contributed by atoms with Gasteiger partial charge < -0.3 is 4.74 Å². The Balaban J connectivity index is 4.36. The van der Waals surface area contributed by atoms with Crippen LogP contribution >= 0.6 is 11.6 Å². The predicted molar refractivity (Wildman–Crippen MR) is 39.6 cm³/mol. The van der Waals surface area contributed by atoms with E-state index in [9.17, 15) is 0 Å². The average Bonchev–Trinajstić information content (AvgIpc) is 1.90. The molecule has 0 aliphatic carbocycles. The molecule has 0 amide bonds. The van der Waals surface area contributed by atoms with Gasteiger partial charge in [0.05, 0.1) is 7.11 Å². The third kappa shape index (κ3) is 2.33. The highest BCUT2D eigenvalue weighted by Crippen LogP contribution is 2.10. The van der Waals surface area contributed by atoms with Crippen LogP contribution in [-0.2, 0) is 4.74 Å². The van der Waals surface area contributed by atoms with E-state index in [4.69, 9.17) is 16.3 Å². The van der Waals surface area contributed by atoms with Gasteiger partial charge in [0.25, 0.3) is 0 Å². The molecular weight excluding hydrogens is 138 g/mol. The molecule has 9 heavy (non-hydrogen) atoms. The first-order valence-corrected chi connectivity index (χ1v) is 2.67. The molecule has 3 heteroatoms. The van der Waals surface area contributed by atoms with Gasteiger partial charge in [0.15, 0.2) is 10.9 Å². The van der Waals surface area contributed by atoms with Crippen molar-refractivity contribution in [2.24, 2.45) is 4.99 Å². The summed E-state index contributed by atoms with van der Waals surface area (Å²) in [4.78, 5) is 3.43. The molecule has 0 aromatic rings. The Morgan fingerprint density at radius 1 is 1.78 bits per heavy atom. The Morgan fingerprint density at radius 3 is 2.44 bits per heavy atom. The van der Waals surface area contributed by atoms with Crippen LogP contribution in [0.2, 0.25) is 0 Å². The molecule has 0 rings (SSSR count). The van der Waals surface area contributed by atoms with E-state index in [1.807, 2.05) is 0 Å². The summed E-state index contributed by atoms with van der Waals surface area (Å²) in [5.74, 6) is 0.437. The fourth-order valence-corrected chi connectivity index (χ4v) is 0.484. The van der Waals surface area contributed by atoms with Gasteiger partial charge in [-0.1, -0.05) is 18.2 Å². The van der Waals surface area contributed by atoms with E-state index in [1.165, 1.54) is 13.2 Å². The van der Waals surface area contributed by atoms with Crippen LogP contribution in [0.3, 0.4) is 0 Å². The molecule has 0 N–H and O–H groups in total. The van der Waals surface area contributed by atoms with Crippen LogP contribution in [0, 0.1) is 0 Å². The monoisotopic (exact) mass is 145 g/mol. The van der Waals surface area contributed by atoms with Gasteiger partial charge in [0.1, 0.15) is 0 Å². The minimum Gasteiger partial charge on any atom is -0.494 e. The van der Waals surface area contributed by atoms with E-state index >= 15 is 0 Å². The summed E-state index contributed by atoms with van der Waals surface area (Å²) in [6, 6.07) is 0. The highest BCUT2D eigenvalue weighted by molar-refractivity contribution is 6.30. The zero-order valence-corrected chi connectivity index (χ0v) is 5.98. The molecule has 0 saturated carbocycles. The van der Waals surface area contributed by atoms with Gasteiger partial charge in [-0.25, -0.2) is 4.99 Å². The number of allylic oxidation sites excluding steroid dienone is 1. The van der Waals surface area contributed by atoms with Gasteiger partial charge in [-0.15, -0.1) is 0 Å². The number of hydrogen-bond donors (Lipinski definition) is 0. The van der Waals surface area contributed by atoms with Crippen LogP contribution in [0.1, 0.15) is 0 Å². The van der Waals surface area contributed by atoms with E-state index in [2.05, 4.69) is 18.3 Å². The third-order valence-corrected chi connectivity index (χ3v) is 1.05. The predicted octanol–water partition coefficient (Wildman–Crippen LogP) is 1.93. The summed E-state index contributed by atoms with van der Waals surface area (Å²) in [6.45, 7) is 6.66. The lowest BCUT2D eigenvalue weighted by Gasteiger charge is -1.97. The molecule has 0 radical (unpaired) electrons. The van der Waals surface area contributed by atoms with Gasteiger partial charge in [-0.2, -0.15) is 0 Å². The molecule has 0 atom stereocenters. The summed E-state index contributed by atoms with van der Waals surface area (Å²) in [6.07, 6.45) is 1.47. The third-order valence-electron chi connectivity index (χ3n) is 0.747. The maximum Gasteiger partial charge on any atom is 0.170 e. The number of hydrogen-bond acceptors (Lipinski definition) is 2. The van der Waals surface area contributed by atoms with Crippen LogP contribution in [-0.4, -0.2) is 13.8 Å². The van der Waals surface area contributed by atoms with E-state index in [1.54, 1.807) is 0 Å². The fraction of sp³-hybridized carbons (Fsp3) is 0.167. The summed E-state index contributed by atoms with van der Waals surface area (Å²) >= 11 is 5.49. The smallest absolute Gasteiger partial charge is 0.170 e. The quantitative estimate of drug-likeness (QED) is 0.257. The van der Waals surface area contributed by atoms with Crippen molar-refractivity contribution in [1.82, 2.24) is 0 Å². The molecule has 0 saturated heterocycles. The van der Waals surface area contributed by atoms with E-state index in [0.29, 0.717) is 5.76 Å². The highest BCUT2D eigenvalue weighted by Gasteiger charge is 1.94. The molecule has 2 nitrogen and oxygen atoms in total. The maximum atomic E-state index is 5.49. The number of aliphatic imine (C=N–C) groups is 1. The number of ether oxygens (including phenoxy) is 1. The zero-order valence-electron chi connectivity index (χ0n) is 5.22. The number of nitrogens with zero attached hydrogens (tertiary/aromatic N) is 1. The van der Waals surface area contributed by atoms with Crippen LogP contribution in [0.4, 0.5) is 0 Å². The first-order valence-electron chi connectivity index (χ1n) is 2.29. The lowest BCUT2D eigenvalue weighted by molar-refractivity contribution is 0.304. The van der Waals surface area contributed by atoms with Gasteiger partial charge in [-0.3, -0.25) is 0 Å². The Labute approximate surface area is 59.5 Å². The molecule has 0 fully saturated rings. The second-order valence-corrected chi connectivity index (χ2v) is 1.58. The normalized spacial score (nSPS) is 11.8. The molecule has 0 aromatic heterocycles. The Bertz CT molecular complexity index is 151. The minimum atomic E-state index is 0.229. The summed E-state index contributed by atoms with van der Waals surface area (Å²) < 4.78 is 4.75. The molecular formula is C6H8ClNO. The van der Waals surface area contributed by atoms with Crippen molar-refractivity contribution in [2.75, 3.05) is 7.11 Å². The van der Waals surface area contributed by atoms with Crippen LogP contribution < -0.4 is 0 Å². The van der Waals surface area contributed by atoms with Crippen molar-refractivity contribution in [3.8, 4) is 0 Å². The van der Waals surface area contributed by atoms with Crippen molar-refractivity contribution in [3.63, 3.8) is 0 Å². The molecule has 0 unspecified atom stereocenters. The van der Waals surface area contributed by atoms with Crippen LogP contribution in [0.25, 0.3) is 0 Å². The number of methoxy groups -OCH3 is 1. The molecule has 0 bridgehead atoms. The Kier molecular flexibility index (Phi) is 3.80. The summed E-state index contributed by atoms with van der Waals surface area (Å²) in [5, 5.41) is 0.229. The highest BCUT2D eigenvalue weighted by atomic mass is 35.5. The van der Waals surface area contributed by atoms with Crippen molar-refractivity contribution in [2.45, 2.75) is 0 Å². The van der Waals surface area contributed by atoms with Gasteiger partial charge in [0, 0.05) is 0 Å². The second kappa shape index (κ2) is 4.15. The molecule has 0 aromatic carbocycles. The van der Waals surface area contributed by atoms with Gasteiger partial charge in [-0.05, 0) is 12.8 Å². The molecule has 0 aliphatic heterocycles. The van der Waals surface area contributed by atoms with Crippen LogP contribution in [0.5, 0.6) is 0 Å². The lowest BCUT2D eigenvalue weighted by Crippen LogP contribution is -1.82. The van der Waals surface area contributed by atoms with E-state index < -0.39 is 0 Å². The van der Waals surface area contributed by atoms with Crippen molar-refractivity contribution in [3.05, 3.63) is 23.6 Å². The SMILES string of the molecule is C=C/C(OC)=C(/Cl)N=C. The Hall–Kier alpha value is -0.760. The van der Waals surface area contributed by atoms with Crippen LogP contribution in [0.15, 0.2) is 28.6 Å². The first-order chi connectivity index (χ1) is 4.26. The average molecular weight is 146 g/mol.